The van der Waals surface area contributed by atoms with E-state index >= 15 is 0 Å². The molecule has 0 N–H and O–H groups in total. The van der Waals surface area contributed by atoms with Gasteiger partial charge in [0.05, 0.1) is 17.7 Å². The maximum absolute atomic E-state index is 13.1. The molecular formula is C15H11ClF2O3. The first-order valence-corrected chi connectivity index (χ1v) is 6.33. The Bertz CT molecular complexity index is 674. The first-order chi connectivity index (χ1) is 10.0. The third-order valence-corrected chi connectivity index (χ3v) is 3.03. The highest BCUT2D eigenvalue weighted by molar-refractivity contribution is 6.32. The molecule has 0 spiro atoms. The number of hydrogen-bond acceptors (Lipinski definition) is 3. The SMILES string of the molecule is COC(=O)c1ccc(OCc2ccc(F)c(F)c2)c(Cl)c1. The summed E-state index contributed by atoms with van der Waals surface area (Å²) in [5.41, 5.74) is 0.754. The average molecular weight is 313 g/mol. The summed E-state index contributed by atoms with van der Waals surface area (Å²) in [7, 11) is 1.27. The lowest BCUT2D eigenvalue weighted by Crippen LogP contribution is -2.02. The lowest BCUT2D eigenvalue weighted by Gasteiger charge is -2.09. The molecule has 0 fully saturated rings. The van der Waals surface area contributed by atoms with Crippen LogP contribution in [0.2, 0.25) is 5.02 Å². The molecular weight excluding hydrogens is 302 g/mol. The number of ether oxygens (including phenoxy) is 2. The average Bonchev–Trinajstić information content (AvgIpc) is 2.48. The van der Waals surface area contributed by atoms with Gasteiger partial charge in [0.25, 0.3) is 0 Å². The molecule has 0 aliphatic rings. The van der Waals surface area contributed by atoms with Gasteiger partial charge in [-0.25, -0.2) is 13.6 Å². The summed E-state index contributed by atoms with van der Waals surface area (Å²) < 4.78 is 35.8. The Kier molecular flexibility index (Phi) is 4.75. The summed E-state index contributed by atoms with van der Waals surface area (Å²) >= 11 is 5.99. The van der Waals surface area contributed by atoms with Crippen LogP contribution in [0, 0.1) is 11.6 Å². The van der Waals surface area contributed by atoms with E-state index < -0.39 is 17.6 Å². The van der Waals surface area contributed by atoms with Crippen molar-refractivity contribution in [2.45, 2.75) is 6.61 Å². The fourth-order valence-corrected chi connectivity index (χ4v) is 1.89. The Hall–Kier alpha value is -2.14. The number of carbonyl (C=O) groups excluding carboxylic acids is 1. The lowest BCUT2D eigenvalue weighted by molar-refractivity contribution is 0.0600. The normalized spacial score (nSPS) is 10.3. The van der Waals surface area contributed by atoms with Crippen LogP contribution >= 0.6 is 11.6 Å². The van der Waals surface area contributed by atoms with Gasteiger partial charge >= 0.3 is 5.97 Å². The number of carbonyl (C=O) groups is 1. The highest BCUT2D eigenvalue weighted by Gasteiger charge is 2.10. The van der Waals surface area contributed by atoms with Gasteiger partial charge in [-0.3, -0.25) is 0 Å². The van der Waals surface area contributed by atoms with Gasteiger partial charge in [0, 0.05) is 0 Å². The van der Waals surface area contributed by atoms with Crippen molar-refractivity contribution in [1.82, 2.24) is 0 Å². The number of benzene rings is 2. The molecule has 2 aromatic carbocycles. The topological polar surface area (TPSA) is 35.5 Å². The Morgan fingerprint density at radius 3 is 2.52 bits per heavy atom. The predicted octanol–water partition coefficient (Wildman–Crippen LogP) is 3.98. The molecule has 2 aromatic rings. The molecule has 0 amide bonds. The molecule has 2 rings (SSSR count). The number of methoxy groups -OCH3 is 1. The predicted molar refractivity (Wildman–Crippen MR) is 73.5 cm³/mol. The van der Waals surface area contributed by atoms with Crippen molar-refractivity contribution in [3.8, 4) is 5.75 Å². The van der Waals surface area contributed by atoms with Crippen LogP contribution in [0.1, 0.15) is 15.9 Å². The van der Waals surface area contributed by atoms with Gasteiger partial charge < -0.3 is 9.47 Å². The van der Waals surface area contributed by atoms with Crippen LogP contribution in [0.15, 0.2) is 36.4 Å². The van der Waals surface area contributed by atoms with Crippen LogP contribution in [0.5, 0.6) is 5.75 Å². The largest absolute Gasteiger partial charge is 0.487 e. The van der Waals surface area contributed by atoms with E-state index in [2.05, 4.69) is 4.74 Å². The van der Waals surface area contributed by atoms with E-state index in [9.17, 15) is 13.6 Å². The van der Waals surface area contributed by atoms with Crippen molar-refractivity contribution >= 4 is 17.6 Å². The van der Waals surface area contributed by atoms with Gasteiger partial charge in [-0.1, -0.05) is 17.7 Å². The molecule has 0 radical (unpaired) electrons. The fourth-order valence-electron chi connectivity index (χ4n) is 1.65. The molecule has 0 saturated carbocycles. The molecule has 21 heavy (non-hydrogen) atoms. The van der Waals surface area contributed by atoms with Gasteiger partial charge in [-0.2, -0.15) is 0 Å². The van der Waals surface area contributed by atoms with Crippen molar-refractivity contribution in [2.75, 3.05) is 7.11 Å². The maximum Gasteiger partial charge on any atom is 0.337 e. The second kappa shape index (κ2) is 6.54. The standard InChI is InChI=1S/C15H11ClF2O3/c1-20-15(19)10-3-5-14(11(16)7-10)21-8-9-2-4-12(17)13(18)6-9/h2-7H,8H2,1H3. The quantitative estimate of drug-likeness (QED) is 0.801. The monoisotopic (exact) mass is 312 g/mol. The molecule has 0 aromatic heterocycles. The zero-order valence-electron chi connectivity index (χ0n) is 11.0. The van der Waals surface area contributed by atoms with E-state index in [0.717, 1.165) is 12.1 Å². The van der Waals surface area contributed by atoms with E-state index in [1.165, 1.54) is 31.4 Å². The summed E-state index contributed by atoms with van der Waals surface area (Å²) in [5, 5.41) is 0.223. The van der Waals surface area contributed by atoms with Crippen molar-refractivity contribution in [3.05, 3.63) is 64.2 Å². The third-order valence-electron chi connectivity index (χ3n) is 2.73. The Balaban J connectivity index is 2.09. The van der Waals surface area contributed by atoms with Crippen molar-refractivity contribution in [2.24, 2.45) is 0 Å². The summed E-state index contributed by atoms with van der Waals surface area (Å²) in [6.45, 7) is 0.0223. The zero-order valence-corrected chi connectivity index (χ0v) is 11.8. The first-order valence-electron chi connectivity index (χ1n) is 5.96. The second-order valence-electron chi connectivity index (χ2n) is 4.17. The van der Waals surface area contributed by atoms with Gasteiger partial charge in [0.2, 0.25) is 0 Å². The lowest BCUT2D eigenvalue weighted by atomic mass is 10.2. The summed E-state index contributed by atoms with van der Waals surface area (Å²) in [4.78, 5) is 11.3. The smallest absolute Gasteiger partial charge is 0.337 e. The van der Waals surface area contributed by atoms with Gasteiger partial charge in [-0.15, -0.1) is 0 Å². The van der Waals surface area contributed by atoms with E-state index in [1.54, 1.807) is 0 Å². The van der Waals surface area contributed by atoms with Crippen molar-refractivity contribution < 1.29 is 23.0 Å². The van der Waals surface area contributed by atoms with Crippen LogP contribution in [-0.4, -0.2) is 13.1 Å². The zero-order chi connectivity index (χ0) is 15.4. The first kappa shape index (κ1) is 15.3. The van der Waals surface area contributed by atoms with Crippen LogP contribution < -0.4 is 4.74 Å². The van der Waals surface area contributed by atoms with E-state index in [0.29, 0.717) is 16.9 Å². The van der Waals surface area contributed by atoms with Gasteiger partial charge in [-0.05, 0) is 35.9 Å². The minimum atomic E-state index is -0.941. The minimum absolute atomic E-state index is 0.0223. The van der Waals surface area contributed by atoms with Gasteiger partial charge in [0.15, 0.2) is 11.6 Å². The Morgan fingerprint density at radius 2 is 1.90 bits per heavy atom. The molecule has 0 bridgehead atoms. The molecule has 6 heteroatoms. The van der Waals surface area contributed by atoms with Gasteiger partial charge in [0.1, 0.15) is 12.4 Å². The number of halogens is 3. The van der Waals surface area contributed by atoms with Crippen LogP contribution in [0.25, 0.3) is 0 Å². The number of hydrogen-bond donors (Lipinski definition) is 0. The van der Waals surface area contributed by atoms with Crippen LogP contribution in [0.3, 0.4) is 0 Å². The molecule has 0 heterocycles. The number of esters is 1. The minimum Gasteiger partial charge on any atom is -0.487 e. The maximum atomic E-state index is 13.1. The summed E-state index contributed by atoms with van der Waals surface area (Å²) in [5.74, 6) is -2.04. The van der Waals surface area contributed by atoms with E-state index in [4.69, 9.17) is 16.3 Å². The molecule has 110 valence electrons. The fraction of sp³-hybridized carbons (Fsp3) is 0.133. The molecule has 0 aliphatic carbocycles. The highest BCUT2D eigenvalue weighted by Crippen LogP contribution is 2.26. The third kappa shape index (κ3) is 3.70. The molecule has 3 nitrogen and oxygen atoms in total. The van der Waals surface area contributed by atoms with Crippen molar-refractivity contribution in [3.63, 3.8) is 0 Å². The Morgan fingerprint density at radius 1 is 1.14 bits per heavy atom. The van der Waals surface area contributed by atoms with E-state index in [1.807, 2.05) is 0 Å². The summed E-state index contributed by atoms with van der Waals surface area (Å²) in [6, 6.07) is 7.90. The summed E-state index contributed by atoms with van der Waals surface area (Å²) in [6.07, 6.45) is 0. The second-order valence-corrected chi connectivity index (χ2v) is 4.58. The van der Waals surface area contributed by atoms with Crippen LogP contribution in [-0.2, 0) is 11.3 Å². The highest BCUT2D eigenvalue weighted by atomic mass is 35.5. The molecule has 0 atom stereocenters. The van der Waals surface area contributed by atoms with E-state index in [-0.39, 0.29) is 11.6 Å². The number of rotatable bonds is 4. The van der Waals surface area contributed by atoms with Crippen LogP contribution in [0.4, 0.5) is 8.78 Å². The Labute approximate surface area is 125 Å². The van der Waals surface area contributed by atoms with Crippen molar-refractivity contribution in [1.29, 1.82) is 0 Å². The molecule has 0 aliphatic heterocycles. The molecule has 0 saturated heterocycles. The molecule has 0 unspecified atom stereocenters.